The number of nitrogens with zero attached hydrogens (tertiary/aromatic N) is 6. The first-order chi connectivity index (χ1) is 17.0. The van der Waals surface area contributed by atoms with Gasteiger partial charge in [-0.1, -0.05) is 11.6 Å². The van der Waals surface area contributed by atoms with Gasteiger partial charge in [-0.25, -0.2) is 24.9 Å². The Balaban J connectivity index is 1.43. The molecule has 4 rings (SSSR count). The molecule has 0 spiro atoms. The Bertz CT molecular complexity index is 1440. The molecule has 186 valence electrons. The van der Waals surface area contributed by atoms with Gasteiger partial charge < -0.3 is 10.6 Å². The molecule has 4 aromatic heterocycles. The fraction of sp³-hybridized carbons (Fsp3) is 0.190. The van der Waals surface area contributed by atoms with Gasteiger partial charge in [-0.2, -0.15) is 13.2 Å². The van der Waals surface area contributed by atoms with E-state index >= 15 is 0 Å². The van der Waals surface area contributed by atoms with Crippen molar-refractivity contribution in [2.45, 2.75) is 26.1 Å². The summed E-state index contributed by atoms with van der Waals surface area (Å²) in [7, 11) is 0. The van der Waals surface area contributed by atoms with Gasteiger partial charge >= 0.3 is 6.18 Å². The van der Waals surface area contributed by atoms with Crippen LogP contribution in [0.15, 0.2) is 43.4 Å². The van der Waals surface area contributed by atoms with Crippen LogP contribution in [0.25, 0.3) is 5.82 Å². The van der Waals surface area contributed by atoms with Gasteiger partial charge in [0, 0.05) is 24.2 Å². The van der Waals surface area contributed by atoms with Crippen molar-refractivity contribution in [3.63, 3.8) is 0 Å². The van der Waals surface area contributed by atoms with Crippen molar-refractivity contribution in [1.29, 1.82) is 0 Å². The van der Waals surface area contributed by atoms with E-state index in [4.69, 9.17) is 11.6 Å². The molecule has 0 aliphatic rings. The lowest BCUT2D eigenvalue weighted by molar-refractivity contribution is -0.137. The number of alkyl halides is 3. The molecule has 1 unspecified atom stereocenters. The maximum absolute atomic E-state index is 13.0. The highest BCUT2D eigenvalue weighted by Gasteiger charge is 2.34. The zero-order valence-electron chi connectivity index (χ0n) is 18.5. The molecule has 2 amide bonds. The van der Waals surface area contributed by atoms with Crippen molar-refractivity contribution in [3.05, 3.63) is 75.2 Å². The summed E-state index contributed by atoms with van der Waals surface area (Å²) in [5.41, 5.74) is -0.180. The van der Waals surface area contributed by atoms with E-state index in [9.17, 15) is 22.8 Å². The fourth-order valence-electron chi connectivity index (χ4n) is 3.03. The molecule has 0 aliphatic carbocycles. The maximum atomic E-state index is 13.0. The zero-order chi connectivity index (χ0) is 26.0. The maximum Gasteiger partial charge on any atom is 0.418 e. The van der Waals surface area contributed by atoms with Crippen LogP contribution in [-0.2, 0) is 6.18 Å². The molecule has 0 radical (unpaired) electrons. The Morgan fingerprint density at radius 2 is 1.86 bits per heavy atom. The average Bonchev–Trinajstić information content (AvgIpc) is 3.49. The highest BCUT2D eigenvalue weighted by atomic mass is 35.5. The molecule has 1 atom stereocenters. The summed E-state index contributed by atoms with van der Waals surface area (Å²) >= 11 is 6.51. The molecule has 0 saturated heterocycles. The van der Waals surface area contributed by atoms with Crippen LogP contribution < -0.4 is 10.6 Å². The third-order valence-corrected chi connectivity index (χ3v) is 6.30. The number of rotatable bonds is 6. The third kappa shape index (κ3) is 5.49. The van der Waals surface area contributed by atoms with Gasteiger partial charge in [0.15, 0.2) is 0 Å². The van der Waals surface area contributed by atoms with E-state index in [2.05, 4.69) is 35.6 Å². The van der Waals surface area contributed by atoms with Crippen molar-refractivity contribution in [2.75, 3.05) is 5.32 Å². The van der Waals surface area contributed by atoms with Crippen molar-refractivity contribution < 1.29 is 22.8 Å². The predicted molar refractivity (Wildman–Crippen MR) is 124 cm³/mol. The highest BCUT2D eigenvalue weighted by molar-refractivity contribution is 7.13. The van der Waals surface area contributed by atoms with Crippen molar-refractivity contribution in [2.24, 2.45) is 0 Å². The van der Waals surface area contributed by atoms with E-state index in [1.807, 2.05) is 6.92 Å². The number of thiazole rings is 1. The van der Waals surface area contributed by atoms with Crippen LogP contribution in [0.3, 0.4) is 0 Å². The largest absolute Gasteiger partial charge is 0.418 e. The van der Waals surface area contributed by atoms with Crippen LogP contribution in [0.5, 0.6) is 0 Å². The Morgan fingerprint density at radius 1 is 1.08 bits per heavy atom. The van der Waals surface area contributed by atoms with E-state index < -0.39 is 34.6 Å². The number of anilines is 1. The zero-order valence-corrected chi connectivity index (χ0v) is 20.1. The van der Waals surface area contributed by atoms with Gasteiger partial charge in [-0.15, -0.1) is 11.3 Å². The van der Waals surface area contributed by atoms with E-state index in [-0.39, 0.29) is 16.4 Å². The van der Waals surface area contributed by atoms with Crippen LogP contribution in [0, 0.1) is 6.92 Å². The number of aryl methyl sites for hydroxylation is 1. The Kier molecular flexibility index (Phi) is 6.99. The van der Waals surface area contributed by atoms with Crippen LogP contribution in [0.2, 0.25) is 5.02 Å². The van der Waals surface area contributed by atoms with Gasteiger partial charge in [0.1, 0.15) is 39.9 Å². The van der Waals surface area contributed by atoms with E-state index in [1.54, 1.807) is 24.0 Å². The topological polar surface area (TPSA) is 128 Å². The molecule has 4 aromatic rings. The quantitative estimate of drug-likeness (QED) is 0.377. The number of amides is 2. The number of pyridine rings is 1. The Labute approximate surface area is 210 Å². The van der Waals surface area contributed by atoms with Gasteiger partial charge in [0.2, 0.25) is 0 Å². The van der Waals surface area contributed by atoms with Crippen LogP contribution in [0.4, 0.5) is 19.0 Å². The Morgan fingerprint density at radius 3 is 2.56 bits per heavy atom. The van der Waals surface area contributed by atoms with Crippen molar-refractivity contribution in [3.8, 4) is 5.82 Å². The molecular formula is C21H16ClF3N8O2S. The molecule has 15 heteroatoms. The second-order valence-corrected chi connectivity index (χ2v) is 8.90. The summed E-state index contributed by atoms with van der Waals surface area (Å²) in [4.78, 5) is 45.4. The standard InChI is InChI=1S/C21H16ClF3N8O2S/c1-10-5-26-9-33(10)17-4-14(29-8-30-17)18(34)31-11(2)20-28-7-15(36-20)19(35)32-16-3-12(21(23,24)25)13(22)6-27-16/h3-9,11H,1-2H3,(H,31,34)(H,27,32,35). The van der Waals surface area contributed by atoms with Gasteiger partial charge in [0.25, 0.3) is 11.8 Å². The second kappa shape index (κ2) is 9.99. The summed E-state index contributed by atoms with van der Waals surface area (Å²) in [6, 6.07) is 1.56. The van der Waals surface area contributed by atoms with Crippen LogP contribution in [-0.4, -0.2) is 41.3 Å². The summed E-state index contributed by atoms with van der Waals surface area (Å²) in [6.45, 7) is 3.50. The number of hydrogen-bond donors (Lipinski definition) is 2. The summed E-state index contributed by atoms with van der Waals surface area (Å²) in [5.74, 6) is -1.05. The number of nitrogens with one attached hydrogen (secondary N) is 2. The summed E-state index contributed by atoms with van der Waals surface area (Å²) in [5, 5.41) is 4.85. The lowest BCUT2D eigenvalue weighted by Gasteiger charge is -2.11. The molecule has 0 saturated carbocycles. The monoisotopic (exact) mass is 536 g/mol. The van der Waals surface area contributed by atoms with Gasteiger partial charge in [-0.3, -0.25) is 14.2 Å². The average molecular weight is 537 g/mol. The Hall–Kier alpha value is -3.91. The van der Waals surface area contributed by atoms with Crippen LogP contribution >= 0.6 is 22.9 Å². The summed E-state index contributed by atoms with van der Waals surface area (Å²) < 4.78 is 40.8. The first kappa shape index (κ1) is 25.2. The minimum absolute atomic E-state index is 0.108. The van der Waals surface area contributed by atoms with Crippen LogP contribution in [0.1, 0.15) is 49.4 Å². The normalized spacial score (nSPS) is 12.3. The minimum Gasteiger partial charge on any atom is -0.342 e. The lowest BCUT2D eigenvalue weighted by Crippen LogP contribution is -2.27. The molecule has 10 nitrogen and oxygen atoms in total. The lowest BCUT2D eigenvalue weighted by atomic mass is 10.2. The molecule has 36 heavy (non-hydrogen) atoms. The van der Waals surface area contributed by atoms with Gasteiger partial charge in [0.05, 0.1) is 22.8 Å². The molecule has 0 aromatic carbocycles. The molecular weight excluding hydrogens is 521 g/mol. The molecule has 0 fully saturated rings. The van der Waals surface area contributed by atoms with E-state index in [1.165, 1.54) is 18.6 Å². The number of halogens is 4. The molecule has 2 N–H and O–H groups in total. The van der Waals surface area contributed by atoms with E-state index in [0.29, 0.717) is 16.9 Å². The number of hydrogen-bond acceptors (Lipinski definition) is 8. The number of imidazole rings is 1. The SMILES string of the molecule is Cc1cncn1-c1cc(C(=O)NC(C)c2ncc(C(=O)Nc3cc(C(F)(F)F)c(Cl)cn3)s2)ncn1. The fourth-order valence-corrected chi connectivity index (χ4v) is 4.06. The molecule has 0 bridgehead atoms. The van der Waals surface area contributed by atoms with Crippen molar-refractivity contribution in [1.82, 2.24) is 34.8 Å². The predicted octanol–water partition coefficient (Wildman–Crippen LogP) is 4.24. The third-order valence-electron chi connectivity index (χ3n) is 4.82. The number of aromatic nitrogens is 6. The first-order valence-electron chi connectivity index (χ1n) is 10.1. The first-order valence-corrected chi connectivity index (χ1v) is 11.3. The van der Waals surface area contributed by atoms with Crippen molar-refractivity contribution >= 4 is 40.6 Å². The minimum atomic E-state index is -4.70. The summed E-state index contributed by atoms with van der Waals surface area (Å²) in [6.07, 6.45) is 1.83. The molecule has 4 heterocycles. The second-order valence-electron chi connectivity index (χ2n) is 7.43. The highest BCUT2D eigenvalue weighted by Crippen LogP contribution is 2.35. The number of carbonyl (C=O) groups is 2. The molecule has 0 aliphatic heterocycles. The van der Waals surface area contributed by atoms with E-state index in [0.717, 1.165) is 23.2 Å². The van der Waals surface area contributed by atoms with Gasteiger partial charge in [-0.05, 0) is 19.9 Å². The smallest absolute Gasteiger partial charge is 0.342 e. The number of carbonyl (C=O) groups excluding carboxylic acids is 2.